The Kier molecular flexibility index (Phi) is 2.59. The number of nitrogens with two attached hydrogens (primary N) is 1. The SMILES string of the molecule is COc1ccc(-c2cc(C(N)=O)on2)cc1. The number of amides is 1. The first-order valence-electron chi connectivity index (χ1n) is 4.61. The van der Waals surface area contributed by atoms with Gasteiger partial charge >= 0.3 is 0 Å². The number of rotatable bonds is 3. The summed E-state index contributed by atoms with van der Waals surface area (Å²) in [6.45, 7) is 0. The maximum absolute atomic E-state index is 10.8. The summed E-state index contributed by atoms with van der Waals surface area (Å²) in [7, 11) is 1.59. The van der Waals surface area contributed by atoms with Crippen molar-refractivity contribution in [3.05, 3.63) is 36.1 Å². The molecule has 0 fully saturated rings. The van der Waals surface area contributed by atoms with Crippen molar-refractivity contribution in [2.45, 2.75) is 0 Å². The van der Waals surface area contributed by atoms with Gasteiger partial charge < -0.3 is 15.0 Å². The summed E-state index contributed by atoms with van der Waals surface area (Å²) in [5, 5.41) is 3.75. The summed E-state index contributed by atoms with van der Waals surface area (Å²) in [6, 6.07) is 8.75. The van der Waals surface area contributed by atoms with E-state index in [0.717, 1.165) is 11.3 Å². The van der Waals surface area contributed by atoms with E-state index in [1.165, 1.54) is 6.07 Å². The molecule has 1 heterocycles. The van der Waals surface area contributed by atoms with Gasteiger partial charge in [-0.05, 0) is 24.3 Å². The molecule has 0 unspecified atom stereocenters. The molecule has 0 atom stereocenters. The second-order valence-corrected chi connectivity index (χ2v) is 3.17. The third-order valence-corrected chi connectivity index (χ3v) is 2.14. The molecule has 1 amide bonds. The minimum atomic E-state index is -0.632. The van der Waals surface area contributed by atoms with Gasteiger partial charge in [0.1, 0.15) is 11.4 Å². The van der Waals surface area contributed by atoms with E-state index in [4.69, 9.17) is 15.0 Å². The Morgan fingerprint density at radius 1 is 1.38 bits per heavy atom. The molecule has 0 aliphatic carbocycles. The first-order valence-corrected chi connectivity index (χ1v) is 4.61. The van der Waals surface area contributed by atoms with Crippen LogP contribution in [0, 0.1) is 0 Å². The van der Waals surface area contributed by atoms with E-state index in [0.29, 0.717) is 5.69 Å². The number of aromatic nitrogens is 1. The Bertz CT molecular complexity index is 502. The molecule has 0 saturated carbocycles. The molecule has 16 heavy (non-hydrogen) atoms. The quantitative estimate of drug-likeness (QED) is 0.845. The largest absolute Gasteiger partial charge is 0.497 e. The molecule has 82 valence electrons. The van der Waals surface area contributed by atoms with Crippen molar-refractivity contribution < 1.29 is 14.1 Å². The summed E-state index contributed by atoms with van der Waals surface area (Å²) < 4.78 is 9.81. The highest BCUT2D eigenvalue weighted by Gasteiger charge is 2.10. The van der Waals surface area contributed by atoms with Crippen LogP contribution in [0.3, 0.4) is 0 Å². The van der Waals surface area contributed by atoms with Crippen LogP contribution in [0.2, 0.25) is 0 Å². The monoisotopic (exact) mass is 218 g/mol. The lowest BCUT2D eigenvalue weighted by Gasteiger charge is -1.99. The van der Waals surface area contributed by atoms with Crippen LogP contribution in [0.4, 0.5) is 0 Å². The second-order valence-electron chi connectivity index (χ2n) is 3.17. The lowest BCUT2D eigenvalue weighted by atomic mass is 10.1. The van der Waals surface area contributed by atoms with E-state index in [1.807, 2.05) is 12.1 Å². The van der Waals surface area contributed by atoms with Gasteiger partial charge in [0.2, 0.25) is 5.76 Å². The smallest absolute Gasteiger partial charge is 0.287 e. The Hall–Kier alpha value is -2.30. The van der Waals surface area contributed by atoms with Crippen LogP contribution < -0.4 is 10.5 Å². The van der Waals surface area contributed by atoms with E-state index < -0.39 is 5.91 Å². The molecular formula is C11H10N2O3. The summed E-state index contributed by atoms with van der Waals surface area (Å²) in [5.74, 6) is 0.167. The Morgan fingerprint density at radius 2 is 2.06 bits per heavy atom. The number of hydrogen-bond donors (Lipinski definition) is 1. The van der Waals surface area contributed by atoms with Gasteiger partial charge in [0.05, 0.1) is 7.11 Å². The molecule has 1 aromatic heterocycles. The summed E-state index contributed by atoms with van der Waals surface area (Å²) in [6.07, 6.45) is 0. The molecule has 0 saturated heterocycles. The fourth-order valence-electron chi connectivity index (χ4n) is 1.29. The molecule has 0 bridgehead atoms. The van der Waals surface area contributed by atoms with Crippen LogP contribution in [0.25, 0.3) is 11.3 Å². The summed E-state index contributed by atoms with van der Waals surface area (Å²) in [5.41, 5.74) is 6.45. The molecule has 2 aromatic rings. The molecule has 5 nitrogen and oxygen atoms in total. The van der Waals surface area contributed by atoms with Gasteiger partial charge in [0.15, 0.2) is 0 Å². The molecular weight excluding hydrogens is 208 g/mol. The van der Waals surface area contributed by atoms with Gasteiger partial charge in [-0.15, -0.1) is 0 Å². The number of carbonyl (C=O) groups is 1. The number of primary amides is 1. The summed E-state index contributed by atoms with van der Waals surface area (Å²) in [4.78, 5) is 10.8. The van der Waals surface area contributed by atoms with E-state index in [9.17, 15) is 4.79 Å². The van der Waals surface area contributed by atoms with Crippen LogP contribution in [-0.2, 0) is 0 Å². The highest BCUT2D eigenvalue weighted by molar-refractivity contribution is 5.90. The number of hydrogen-bond acceptors (Lipinski definition) is 4. The van der Waals surface area contributed by atoms with Crippen molar-refractivity contribution in [3.63, 3.8) is 0 Å². The zero-order valence-corrected chi connectivity index (χ0v) is 8.64. The maximum atomic E-state index is 10.8. The highest BCUT2D eigenvalue weighted by Crippen LogP contribution is 2.21. The minimum Gasteiger partial charge on any atom is -0.497 e. The number of carbonyl (C=O) groups excluding carboxylic acids is 1. The van der Waals surface area contributed by atoms with Crippen molar-refractivity contribution in [3.8, 4) is 17.0 Å². The van der Waals surface area contributed by atoms with Crippen molar-refractivity contribution in [2.24, 2.45) is 5.73 Å². The van der Waals surface area contributed by atoms with Crippen molar-refractivity contribution in [1.82, 2.24) is 5.16 Å². The molecule has 1 aromatic carbocycles. The predicted molar refractivity (Wildman–Crippen MR) is 57.0 cm³/mol. The van der Waals surface area contributed by atoms with Crippen molar-refractivity contribution in [1.29, 1.82) is 0 Å². The minimum absolute atomic E-state index is 0.0471. The number of ether oxygens (including phenoxy) is 1. The average molecular weight is 218 g/mol. The van der Waals surface area contributed by atoms with Gasteiger partial charge in [-0.2, -0.15) is 0 Å². The van der Waals surface area contributed by atoms with Gasteiger partial charge in [-0.25, -0.2) is 0 Å². The zero-order valence-electron chi connectivity index (χ0n) is 8.64. The molecule has 2 rings (SSSR count). The van der Waals surface area contributed by atoms with E-state index >= 15 is 0 Å². The Balaban J connectivity index is 2.31. The molecule has 2 N–H and O–H groups in total. The van der Waals surface area contributed by atoms with Crippen molar-refractivity contribution in [2.75, 3.05) is 7.11 Å². The highest BCUT2D eigenvalue weighted by atomic mass is 16.5. The second kappa shape index (κ2) is 4.06. The maximum Gasteiger partial charge on any atom is 0.287 e. The average Bonchev–Trinajstić information content (AvgIpc) is 2.78. The van der Waals surface area contributed by atoms with Crippen LogP contribution in [0.5, 0.6) is 5.75 Å². The lowest BCUT2D eigenvalue weighted by Crippen LogP contribution is -2.09. The van der Waals surface area contributed by atoms with Crippen molar-refractivity contribution >= 4 is 5.91 Å². The van der Waals surface area contributed by atoms with E-state index in [2.05, 4.69) is 5.16 Å². The standard InChI is InChI=1S/C11H10N2O3/c1-15-8-4-2-7(3-5-8)9-6-10(11(12)14)16-13-9/h2-6H,1H3,(H2,12,14). The number of benzene rings is 1. The Labute approximate surface area is 91.8 Å². The molecule has 0 radical (unpaired) electrons. The first-order chi connectivity index (χ1) is 7.70. The predicted octanol–water partition coefficient (Wildman–Crippen LogP) is 1.45. The molecule has 0 aliphatic heterocycles. The van der Waals surface area contributed by atoms with Gasteiger partial charge in [-0.1, -0.05) is 5.16 Å². The van der Waals surface area contributed by atoms with Gasteiger partial charge in [-0.3, -0.25) is 4.79 Å². The van der Waals surface area contributed by atoms with Crippen LogP contribution in [0.1, 0.15) is 10.6 Å². The molecule has 0 aliphatic rings. The van der Waals surface area contributed by atoms with Crippen LogP contribution in [0.15, 0.2) is 34.9 Å². The fraction of sp³-hybridized carbons (Fsp3) is 0.0909. The molecule has 5 heteroatoms. The van der Waals surface area contributed by atoms with E-state index in [-0.39, 0.29) is 5.76 Å². The fourth-order valence-corrected chi connectivity index (χ4v) is 1.29. The lowest BCUT2D eigenvalue weighted by molar-refractivity contribution is 0.0965. The topological polar surface area (TPSA) is 78.4 Å². The van der Waals surface area contributed by atoms with E-state index in [1.54, 1.807) is 19.2 Å². The van der Waals surface area contributed by atoms with Crippen LogP contribution >= 0.6 is 0 Å². The number of methoxy groups -OCH3 is 1. The third-order valence-electron chi connectivity index (χ3n) is 2.14. The van der Waals surface area contributed by atoms with Gasteiger partial charge in [0, 0.05) is 11.6 Å². The summed E-state index contributed by atoms with van der Waals surface area (Å²) >= 11 is 0. The molecule has 0 spiro atoms. The first kappa shape index (κ1) is 10.2. The Morgan fingerprint density at radius 3 is 2.56 bits per heavy atom. The van der Waals surface area contributed by atoms with Gasteiger partial charge in [0.25, 0.3) is 5.91 Å². The third kappa shape index (κ3) is 1.88. The normalized spacial score (nSPS) is 10.1. The number of nitrogens with zero attached hydrogens (tertiary/aromatic N) is 1. The van der Waals surface area contributed by atoms with Crippen LogP contribution in [-0.4, -0.2) is 18.2 Å². The zero-order chi connectivity index (χ0) is 11.5.